The van der Waals surface area contributed by atoms with Crippen molar-refractivity contribution in [1.82, 2.24) is 4.98 Å². The summed E-state index contributed by atoms with van der Waals surface area (Å²) in [7, 11) is 0. The van der Waals surface area contributed by atoms with Crippen LogP contribution in [0.25, 0.3) is 10.9 Å². The summed E-state index contributed by atoms with van der Waals surface area (Å²) >= 11 is 5.91. The van der Waals surface area contributed by atoms with Crippen LogP contribution in [0.15, 0.2) is 24.3 Å². The maximum atomic E-state index is 11.0. The maximum Gasteiger partial charge on any atom is 0.132 e. The molecule has 15 heavy (non-hydrogen) atoms. The van der Waals surface area contributed by atoms with Crippen molar-refractivity contribution in [3.8, 4) is 0 Å². The molecule has 0 unspecified atom stereocenters. The highest BCUT2D eigenvalue weighted by molar-refractivity contribution is 6.31. The molecule has 76 valence electrons. The molecule has 0 bridgehead atoms. The van der Waals surface area contributed by atoms with E-state index in [0.717, 1.165) is 40.7 Å². The van der Waals surface area contributed by atoms with E-state index in [9.17, 15) is 4.79 Å². The molecule has 2 aromatic rings. The standard InChI is InChI=1S/C12H10ClNO/c13-9-1-2-10-8(5-9)6-11(14-10)12(7-15)3-4-12/h1-2,5-7,14H,3-4H2. The zero-order valence-corrected chi connectivity index (χ0v) is 8.84. The maximum absolute atomic E-state index is 11.0. The Labute approximate surface area is 92.2 Å². The van der Waals surface area contributed by atoms with Crippen LogP contribution in [0.3, 0.4) is 0 Å². The lowest BCUT2D eigenvalue weighted by Crippen LogP contribution is -2.07. The highest BCUT2D eigenvalue weighted by Crippen LogP contribution is 2.46. The van der Waals surface area contributed by atoms with Crippen LogP contribution in [0.5, 0.6) is 0 Å². The van der Waals surface area contributed by atoms with Crippen LogP contribution >= 0.6 is 11.6 Å². The number of carbonyl (C=O) groups excluding carboxylic acids is 1. The molecule has 1 aliphatic carbocycles. The minimum absolute atomic E-state index is 0.231. The largest absolute Gasteiger partial charge is 0.358 e. The number of hydrogen-bond acceptors (Lipinski definition) is 1. The molecule has 0 saturated heterocycles. The van der Waals surface area contributed by atoms with Crippen molar-refractivity contribution in [2.45, 2.75) is 18.3 Å². The molecule has 0 aliphatic heterocycles. The molecule has 0 atom stereocenters. The Morgan fingerprint density at radius 3 is 2.80 bits per heavy atom. The Bertz CT molecular complexity index is 540. The molecule has 1 aliphatic rings. The van der Waals surface area contributed by atoms with E-state index in [1.165, 1.54) is 0 Å². The van der Waals surface area contributed by atoms with Gasteiger partial charge in [-0.1, -0.05) is 11.6 Å². The number of aromatic amines is 1. The summed E-state index contributed by atoms with van der Waals surface area (Å²) in [5, 5.41) is 1.80. The number of aldehydes is 1. The quantitative estimate of drug-likeness (QED) is 0.774. The van der Waals surface area contributed by atoms with E-state index in [2.05, 4.69) is 4.98 Å². The van der Waals surface area contributed by atoms with E-state index in [4.69, 9.17) is 11.6 Å². The molecule has 0 amide bonds. The number of fused-ring (bicyclic) bond motifs is 1. The third kappa shape index (κ3) is 1.29. The second-order valence-electron chi connectivity index (χ2n) is 4.19. The topological polar surface area (TPSA) is 32.9 Å². The van der Waals surface area contributed by atoms with Crippen LogP contribution in [-0.2, 0) is 10.2 Å². The van der Waals surface area contributed by atoms with Crippen molar-refractivity contribution < 1.29 is 4.79 Å². The molecule has 2 nitrogen and oxygen atoms in total. The zero-order valence-electron chi connectivity index (χ0n) is 8.09. The van der Waals surface area contributed by atoms with Gasteiger partial charge in [0, 0.05) is 21.6 Å². The fourth-order valence-electron chi connectivity index (χ4n) is 1.96. The van der Waals surface area contributed by atoms with Gasteiger partial charge in [-0.25, -0.2) is 0 Å². The Morgan fingerprint density at radius 2 is 2.13 bits per heavy atom. The van der Waals surface area contributed by atoms with E-state index in [1.807, 2.05) is 24.3 Å². The predicted octanol–water partition coefficient (Wildman–Crippen LogP) is 3.05. The summed E-state index contributed by atoms with van der Waals surface area (Å²) in [5.74, 6) is 0. The van der Waals surface area contributed by atoms with Gasteiger partial charge in [0.15, 0.2) is 0 Å². The van der Waals surface area contributed by atoms with E-state index in [0.29, 0.717) is 0 Å². The molecule has 1 saturated carbocycles. The highest BCUT2D eigenvalue weighted by atomic mass is 35.5. The molecule has 1 N–H and O–H groups in total. The van der Waals surface area contributed by atoms with Crippen molar-refractivity contribution in [2.24, 2.45) is 0 Å². The normalized spacial score (nSPS) is 17.9. The van der Waals surface area contributed by atoms with Crippen LogP contribution in [0, 0.1) is 0 Å². The molecule has 1 heterocycles. The zero-order chi connectivity index (χ0) is 10.5. The molecule has 0 radical (unpaired) electrons. The Balaban J connectivity index is 2.18. The number of aromatic nitrogens is 1. The van der Waals surface area contributed by atoms with Gasteiger partial charge in [-0.15, -0.1) is 0 Å². The summed E-state index contributed by atoms with van der Waals surface area (Å²) in [4.78, 5) is 14.3. The molecule has 3 heteroatoms. The van der Waals surface area contributed by atoms with E-state index in [1.54, 1.807) is 0 Å². The summed E-state index contributed by atoms with van der Waals surface area (Å²) in [6, 6.07) is 7.74. The second kappa shape index (κ2) is 2.86. The van der Waals surface area contributed by atoms with Gasteiger partial charge in [0.25, 0.3) is 0 Å². The van der Waals surface area contributed by atoms with E-state index in [-0.39, 0.29) is 5.41 Å². The Hall–Kier alpha value is -1.28. The molecule has 1 aromatic heterocycles. The number of H-pyrrole nitrogens is 1. The van der Waals surface area contributed by atoms with E-state index >= 15 is 0 Å². The summed E-state index contributed by atoms with van der Waals surface area (Å²) in [5.41, 5.74) is 1.84. The van der Waals surface area contributed by atoms with Crippen LogP contribution in [-0.4, -0.2) is 11.3 Å². The van der Waals surface area contributed by atoms with Gasteiger partial charge in [-0.3, -0.25) is 0 Å². The first kappa shape index (κ1) is 8.98. The van der Waals surface area contributed by atoms with Gasteiger partial charge >= 0.3 is 0 Å². The first-order chi connectivity index (χ1) is 7.23. The molecule has 1 aromatic carbocycles. The van der Waals surface area contributed by atoms with Crippen LogP contribution in [0.2, 0.25) is 5.02 Å². The van der Waals surface area contributed by atoms with Crippen molar-refractivity contribution in [3.05, 3.63) is 35.0 Å². The van der Waals surface area contributed by atoms with Crippen LogP contribution in [0.4, 0.5) is 0 Å². The average Bonchev–Trinajstić information content (AvgIpc) is 2.93. The third-order valence-corrected chi connectivity index (χ3v) is 3.37. The Kier molecular flexibility index (Phi) is 1.71. The van der Waals surface area contributed by atoms with Gasteiger partial charge in [-0.05, 0) is 37.1 Å². The smallest absolute Gasteiger partial charge is 0.132 e. The molecular weight excluding hydrogens is 210 g/mol. The van der Waals surface area contributed by atoms with Gasteiger partial charge < -0.3 is 9.78 Å². The van der Waals surface area contributed by atoms with Gasteiger partial charge in [0.1, 0.15) is 6.29 Å². The lowest BCUT2D eigenvalue weighted by Gasteiger charge is -2.01. The number of rotatable bonds is 2. The summed E-state index contributed by atoms with van der Waals surface area (Å²) in [6.07, 6.45) is 2.97. The first-order valence-electron chi connectivity index (χ1n) is 4.99. The fourth-order valence-corrected chi connectivity index (χ4v) is 2.14. The van der Waals surface area contributed by atoms with Gasteiger partial charge in [0.2, 0.25) is 0 Å². The number of nitrogens with one attached hydrogen (secondary N) is 1. The first-order valence-corrected chi connectivity index (χ1v) is 5.36. The minimum Gasteiger partial charge on any atom is -0.358 e. The fraction of sp³-hybridized carbons (Fsp3) is 0.250. The van der Waals surface area contributed by atoms with Gasteiger partial charge in [-0.2, -0.15) is 0 Å². The van der Waals surface area contributed by atoms with Crippen molar-refractivity contribution in [3.63, 3.8) is 0 Å². The molecule has 0 spiro atoms. The Morgan fingerprint density at radius 1 is 1.33 bits per heavy atom. The predicted molar refractivity (Wildman–Crippen MR) is 60.3 cm³/mol. The second-order valence-corrected chi connectivity index (χ2v) is 4.63. The van der Waals surface area contributed by atoms with Crippen molar-refractivity contribution in [2.75, 3.05) is 0 Å². The number of halogens is 1. The highest BCUT2D eigenvalue weighted by Gasteiger charge is 2.45. The third-order valence-electron chi connectivity index (χ3n) is 3.13. The molecular formula is C12H10ClNO. The number of benzene rings is 1. The van der Waals surface area contributed by atoms with Crippen molar-refractivity contribution >= 4 is 28.8 Å². The van der Waals surface area contributed by atoms with Crippen molar-refractivity contribution in [1.29, 1.82) is 0 Å². The van der Waals surface area contributed by atoms with E-state index < -0.39 is 0 Å². The van der Waals surface area contributed by atoms with Crippen LogP contribution < -0.4 is 0 Å². The summed E-state index contributed by atoms with van der Waals surface area (Å²) in [6.45, 7) is 0. The lowest BCUT2D eigenvalue weighted by atomic mass is 10.1. The molecule has 1 fully saturated rings. The summed E-state index contributed by atoms with van der Waals surface area (Å²) < 4.78 is 0. The molecule has 3 rings (SSSR count). The monoisotopic (exact) mass is 219 g/mol. The number of carbonyl (C=O) groups is 1. The van der Waals surface area contributed by atoms with Gasteiger partial charge in [0.05, 0.1) is 5.41 Å². The SMILES string of the molecule is O=CC1(c2cc3cc(Cl)ccc3[nH]2)CC1. The minimum atomic E-state index is -0.231. The van der Waals surface area contributed by atoms with Crippen LogP contribution in [0.1, 0.15) is 18.5 Å². The number of hydrogen-bond donors (Lipinski definition) is 1. The average molecular weight is 220 g/mol. The lowest BCUT2D eigenvalue weighted by molar-refractivity contribution is -0.109.